The van der Waals surface area contributed by atoms with Crippen molar-refractivity contribution in [2.45, 2.75) is 12.2 Å². The molecule has 0 spiro atoms. The summed E-state index contributed by atoms with van der Waals surface area (Å²) in [6.45, 7) is -0.711. The number of aliphatic hydroxyl groups excluding tert-OH is 3. The first-order valence-electron chi connectivity index (χ1n) is 3.18. The second-order valence-corrected chi connectivity index (χ2v) is 2.29. The maximum absolute atomic E-state index is 10.8. The van der Waals surface area contributed by atoms with Crippen LogP contribution in [0.3, 0.4) is 0 Å². The molecule has 0 aromatic rings. The average molecular weight is 198 g/mol. The van der Waals surface area contributed by atoms with Gasteiger partial charge in [-0.3, -0.25) is 4.79 Å². The molecule has 1 aliphatic rings. The summed E-state index contributed by atoms with van der Waals surface area (Å²) < 4.78 is 4.25. The Hall–Kier alpha value is -0.270. The van der Waals surface area contributed by atoms with Gasteiger partial charge < -0.3 is 25.2 Å². The molecule has 7 heteroatoms. The molecule has 3 N–H and O–H groups in total. The van der Waals surface area contributed by atoms with Crippen LogP contribution < -0.4 is 34.7 Å². The smallest absolute Gasteiger partial charge is 0.596 e. The Morgan fingerprint density at radius 3 is 2.46 bits per heavy atom. The third-order valence-electron chi connectivity index (χ3n) is 1.46. The molecular formula is C6H7NaO6. The van der Waals surface area contributed by atoms with Gasteiger partial charge in [0, 0.05) is 0 Å². The summed E-state index contributed by atoms with van der Waals surface area (Å²) in [5.74, 6) is -3.20. The van der Waals surface area contributed by atoms with Gasteiger partial charge in [0.15, 0.2) is 5.76 Å². The van der Waals surface area contributed by atoms with Crippen LogP contribution in [-0.2, 0) is 9.53 Å². The van der Waals surface area contributed by atoms with Crippen LogP contribution in [0.4, 0.5) is 0 Å². The van der Waals surface area contributed by atoms with Crippen molar-refractivity contribution in [3.63, 3.8) is 0 Å². The van der Waals surface area contributed by atoms with E-state index < -0.39 is 36.3 Å². The monoisotopic (exact) mass is 198 g/mol. The molecule has 1 rings (SSSR count). The molecule has 0 aromatic carbocycles. The minimum Gasteiger partial charge on any atom is -0.596 e. The first-order valence-corrected chi connectivity index (χ1v) is 3.18. The number of ketones is 1. The minimum atomic E-state index is -1.48. The van der Waals surface area contributed by atoms with Crippen LogP contribution in [0.15, 0.2) is 11.7 Å². The number of carbonyl (C=O) groups excluding carboxylic acids is 1. The van der Waals surface area contributed by atoms with Gasteiger partial charge in [-0.25, -0.2) is 0 Å². The summed E-state index contributed by atoms with van der Waals surface area (Å²) in [6, 6.07) is 0. The average Bonchev–Trinajstić information content (AvgIpc) is 2.32. The zero-order valence-electron chi connectivity index (χ0n) is 6.93. The number of Topliss-reactive ketones (excluding diaryl/α,β-unsaturated/α-hetero) is 1. The van der Waals surface area contributed by atoms with E-state index >= 15 is 0 Å². The Bertz CT molecular complexity index is 237. The van der Waals surface area contributed by atoms with Crippen molar-refractivity contribution in [3.8, 4) is 0 Å². The quantitative estimate of drug-likeness (QED) is 0.381. The number of hydrogen-bond donors (Lipinski definition) is 3. The minimum absolute atomic E-state index is 0. The predicted octanol–water partition coefficient (Wildman–Crippen LogP) is -5.60. The molecule has 0 aromatic heterocycles. The normalized spacial score (nSPS) is 23.8. The van der Waals surface area contributed by atoms with Crippen LogP contribution in [0.2, 0.25) is 0 Å². The molecule has 1 heterocycles. The predicted molar refractivity (Wildman–Crippen MR) is 32.6 cm³/mol. The van der Waals surface area contributed by atoms with E-state index in [0.717, 1.165) is 0 Å². The van der Waals surface area contributed by atoms with Gasteiger partial charge in [0.1, 0.15) is 6.10 Å². The van der Waals surface area contributed by atoms with Crippen molar-refractivity contribution in [1.29, 1.82) is 0 Å². The Morgan fingerprint density at radius 1 is 1.62 bits per heavy atom. The second kappa shape index (κ2) is 4.83. The van der Waals surface area contributed by atoms with Crippen molar-refractivity contribution in [2.75, 3.05) is 6.61 Å². The largest absolute Gasteiger partial charge is 1.00 e. The summed E-state index contributed by atoms with van der Waals surface area (Å²) >= 11 is 0. The van der Waals surface area contributed by atoms with Gasteiger partial charge in [0.2, 0.25) is 5.78 Å². The maximum Gasteiger partial charge on any atom is 1.00 e. The SMILES string of the molecule is O=C1C(O)=C([O-])O[C@@H]1[C@@H](O)CO.[Na+]. The molecule has 1 aliphatic heterocycles. The summed E-state index contributed by atoms with van der Waals surface area (Å²) in [5.41, 5.74) is 0. The van der Waals surface area contributed by atoms with Gasteiger partial charge in [0.05, 0.1) is 18.7 Å². The van der Waals surface area contributed by atoms with Crippen LogP contribution in [0.25, 0.3) is 0 Å². The van der Waals surface area contributed by atoms with Gasteiger partial charge in [-0.2, -0.15) is 0 Å². The van der Waals surface area contributed by atoms with Gasteiger partial charge in [-0.15, -0.1) is 0 Å². The Balaban J connectivity index is 0.00000144. The van der Waals surface area contributed by atoms with Crippen molar-refractivity contribution < 1.29 is 59.5 Å². The van der Waals surface area contributed by atoms with Crippen LogP contribution in [0.5, 0.6) is 0 Å². The molecule has 0 radical (unpaired) electrons. The van der Waals surface area contributed by atoms with E-state index in [0.29, 0.717) is 0 Å². The van der Waals surface area contributed by atoms with Crippen molar-refractivity contribution >= 4 is 5.78 Å². The van der Waals surface area contributed by atoms with Crippen LogP contribution in [0, 0.1) is 0 Å². The fraction of sp³-hybridized carbons (Fsp3) is 0.500. The summed E-state index contributed by atoms with van der Waals surface area (Å²) in [6.07, 6.45) is -2.95. The van der Waals surface area contributed by atoms with Crippen LogP contribution in [-0.4, -0.2) is 39.9 Å². The van der Waals surface area contributed by atoms with Crippen LogP contribution >= 0.6 is 0 Å². The fourth-order valence-corrected chi connectivity index (χ4v) is 0.809. The van der Waals surface area contributed by atoms with Crippen molar-refractivity contribution in [2.24, 2.45) is 0 Å². The van der Waals surface area contributed by atoms with Gasteiger partial charge in [-0.1, -0.05) is 0 Å². The molecule has 0 unspecified atom stereocenters. The van der Waals surface area contributed by atoms with Gasteiger partial charge in [-0.05, 0) is 0 Å². The molecule has 0 bridgehead atoms. The third-order valence-corrected chi connectivity index (χ3v) is 1.46. The van der Waals surface area contributed by atoms with E-state index in [1.54, 1.807) is 0 Å². The molecule has 0 fully saturated rings. The topological polar surface area (TPSA) is 110 Å². The molecule has 0 amide bonds. The van der Waals surface area contributed by atoms with Crippen LogP contribution in [0.1, 0.15) is 0 Å². The van der Waals surface area contributed by atoms with E-state index in [1.165, 1.54) is 0 Å². The zero-order valence-corrected chi connectivity index (χ0v) is 8.93. The Labute approximate surface area is 95.7 Å². The van der Waals surface area contributed by atoms with E-state index in [1.807, 2.05) is 0 Å². The third kappa shape index (κ3) is 2.35. The molecule has 13 heavy (non-hydrogen) atoms. The summed E-state index contributed by atoms with van der Waals surface area (Å²) in [4.78, 5) is 10.8. The molecule has 0 saturated heterocycles. The number of hydrogen-bond acceptors (Lipinski definition) is 6. The van der Waals surface area contributed by atoms with E-state index in [4.69, 9.17) is 15.3 Å². The van der Waals surface area contributed by atoms with E-state index in [9.17, 15) is 9.90 Å². The fourth-order valence-electron chi connectivity index (χ4n) is 0.809. The van der Waals surface area contributed by atoms with Crippen molar-refractivity contribution in [1.82, 2.24) is 0 Å². The Morgan fingerprint density at radius 2 is 2.15 bits per heavy atom. The zero-order chi connectivity index (χ0) is 9.30. The number of carbonyl (C=O) groups is 1. The summed E-state index contributed by atoms with van der Waals surface area (Å²) in [5, 5.41) is 36.5. The molecule has 2 atom stereocenters. The first-order chi connectivity index (χ1) is 5.57. The number of ether oxygens (including phenoxy) is 1. The van der Waals surface area contributed by atoms with Crippen molar-refractivity contribution in [3.05, 3.63) is 11.7 Å². The first kappa shape index (κ1) is 12.7. The summed E-state index contributed by atoms with van der Waals surface area (Å²) in [7, 11) is 0. The molecule has 0 saturated carbocycles. The molecule has 68 valence electrons. The molecular weight excluding hydrogens is 191 g/mol. The van der Waals surface area contributed by atoms with E-state index in [-0.39, 0.29) is 29.6 Å². The molecule has 0 aliphatic carbocycles. The standard InChI is InChI=1S/C6H8O6.Na/c7-1-2(8)5-3(9)4(10)6(11)12-5;/h2,5,7-8,10-11H,1H2;/q;+1/p-1/t2-,5+;/m0./s1. The Kier molecular flexibility index (Phi) is 4.72. The maximum atomic E-state index is 10.8. The number of aliphatic hydroxyl groups is 3. The second-order valence-electron chi connectivity index (χ2n) is 2.29. The molecule has 6 nitrogen and oxygen atoms in total. The van der Waals surface area contributed by atoms with Gasteiger partial charge in [0.25, 0.3) is 0 Å². The number of rotatable bonds is 2. The van der Waals surface area contributed by atoms with E-state index in [2.05, 4.69) is 4.74 Å². The van der Waals surface area contributed by atoms with Gasteiger partial charge >= 0.3 is 29.6 Å².